The van der Waals surface area contributed by atoms with E-state index in [1.54, 1.807) is 6.92 Å². The van der Waals surface area contributed by atoms with Crippen LogP contribution in [0.5, 0.6) is 0 Å². The summed E-state index contributed by atoms with van der Waals surface area (Å²) < 4.78 is 0. The first-order valence-corrected chi connectivity index (χ1v) is 10.3. The smallest absolute Gasteiger partial charge is 0.220 e. The van der Waals surface area contributed by atoms with E-state index in [1.165, 1.54) is 38.8 Å². The SMILES string of the molecule is CC(=O)N1C[C@@H]2CCCN3CCC[C@@H]([C@H]23)[C@H]1CCCC(=O)NC(C)C. The Labute approximate surface area is 152 Å². The van der Waals surface area contributed by atoms with Crippen LogP contribution in [0.15, 0.2) is 0 Å². The molecule has 5 heteroatoms. The number of likely N-dealkylation sites (tertiary alicyclic amines) is 1. The maximum Gasteiger partial charge on any atom is 0.220 e. The molecule has 25 heavy (non-hydrogen) atoms. The van der Waals surface area contributed by atoms with Crippen molar-refractivity contribution >= 4 is 11.8 Å². The molecule has 0 bridgehead atoms. The molecule has 3 heterocycles. The summed E-state index contributed by atoms with van der Waals surface area (Å²) in [5, 5.41) is 2.98. The van der Waals surface area contributed by atoms with Crippen molar-refractivity contribution in [3.63, 3.8) is 0 Å². The molecule has 0 aromatic heterocycles. The average molecular weight is 350 g/mol. The van der Waals surface area contributed by atoms with E-state index in [1.807, 2.05) is 13.8 Å². The Morgan fingerprint density at radius 3 is 2.56 bits per heavy atom. The van der Waals surface area contributed by atoms with Crippen LogP contribution in [0.25, 0.3) is 0 Å². The van der Waals surface area contributed by atoms with Gasteiger partial charge in [0, 0.05) is 38.0 Å². The lowest BCUT2D eigenvalue weighted by Gasteiger charge is -2.57. The van der Waals surface area contributed by atoms with Gasteiger partial charge in [-0.25, -0.2) is 0 Å². The van der Waals surface area contributed by atoms with Gasteiger partial charge in [-0.05, 0) is 77.3 Å². The number of hydrogen-bond donors (Lipinski definition) is 1. The third-order valence-corrected chi connectivity index (χ3v) is 6.43. The Bertz CT molecular complexity index is 491. The molecule has 0 spiro atoms. The van der Waals surface area contributed by atoms with Gasteiger partial charge in [0.1, 0.15) is 0 Å². The zero-order valence-electron chi connectivity index (χ0n) is 16.2. The van der Waals surface area contributed by atoms with Gasteiger partial charge in [0.15, 0.2) is 0 Å². The van der Waals surface area contributed by atoms with Crippen LogP contribution in [-0.2, 0) is 9.59 Å². The number of amides is 2. The summed E-state index contributed by atoms with van der Waals surface area (Å²) in [4.78, 5) is 29.1. The van der Waals surface area contributed by atoms with Crippen molar-refractivity contribution in [3.05, 3.63) is 0 Å². The van der Waals surface area contributed by atoms with Crippen LogP contribution >= 0.6 is 0 Å². The second-order valence-corrected chi connectivity index (χ2v) is 8.59. The molecule has 1 N–H and O–H groups in total. The van der Waals surface area contributed by atoms with Crippen LogP contribution in [-0.4, -0.2) is 59.4 Å². The lowest BCUT2D eigenvalue weighted by Crippen LogP contribution is -2.65. The first-order chi connectivity index (χ1) is 12.0. The van der Waals surface area contributed by atoms with Gasteiger partial charge in [0.05, 0.1) is 0 Å². The highest BCUT2D eigenvalue weighted by Crippen LogP contribution is 2.43. The van der Waals surface area contributed by atoms with Crippen LogP contribution in [0.2, 0.25) is 0 Å². The van der Waals surface area contributed by atoms with Gasteiger partial charge in [-0.3, -0.25) is 14.5 Å². The summed E-state index contributed by atoms with van der Waals surface area (Å²) in [6, 6.07) is 1.20. The van der Waals surface area contributed by atoms with E-state index in [4.69, 9.17) is 0 Å². The van der Waals surface area contributed by atoms with E-state index in [9.17, 15) is 9.59 Å². The minimum Gasteiger partial charge on any atom is -0.354 e. The molecule has 142 valence electrons. The third kappa shape index (κ3) is 4.18. The van der Waals surface area contributed by atoms with E-state index in [0.29, 0.717) is 30.3 Å². The Morgan fingerprint density at radius 2 is 1.88 bits per heavy atom. The number of carbonyl (C=O) groups excluding carboxylic acids is 2. The molecule has 3 aliphatic heterocycles. The van der Waals surface area contributed by atoms with Crippen LogP contribution in [0.1, 0.15) is 65.7 Å². The summed E-state index contributed by atoms with van der Waals surface area (Å²) in [7, 11) is 0. The summed E-state index contributed by atoms with van der Waals surface area (Å²) in [5.74, 6) is 1.62. The van der Waals surface area contributed by atoms with Crippen LogP contribution in [0.3, 0.4) is 0 Å². The number of nitrogens with one attached hydrogen (secondary N) is 1. The fourth-order valence-electron chi connectivity index (χ4n) is 5.59. The van der Waals surface area contributed by atoms with Gasteiger partial charge in [-0.15, -0.1) is 0 Å². The van der Waals surface area contributed by atoms with Crippen molar-refractivity contribution < 1.29 is 9.59 Å². The van der Waals surface area contributed by atoms with Crippen molar-refractivity contribution in [2.45, 2.75) is 83.8 Å². The van der Waals surface area contributed by atoms with Crippen LogP contribution < -0.4 is 5.32 Å². The van der Waals surface area contributed by atoms with E-state index in [-0.39, 0.29) is 17.9 Å². The predicted molar refractivity (Wildman–Crippen MR) is 99.1 cm³/mol. The molecule has 0 unspecified atom stereocenters. The molecule has 0 aliphatic carbocycles. The molecule has 5 nitrogen and oxygen atoms in total. The zero-order valence-corrected chi connectivity index (χ0v) is 16.2. The molecule has 2 amide bonds. The number of rotatable bonds is 5. The Morgan fingerprint density at radius 1 is 1.16 bits per heavy atom. The summed E-state index contributed by atoms with van der Waals surface area (Å²) in [6.07, 6.45) is 7.46. The second-order valence-electron chi connectivity index (χ2n) is 8.59. The van der Waals surface area contributed by atoms with Crippen LogP contribution in [0.4, 0.5) is 0 Å². The highest BCUT2D eigenvalue weighted by molar-refractivity contribution is 5.76. The van der Waals surface area contributed by atoms with Crippen molar-refractivity contribution in [1.29, 1.82) is 0 Å². The second kappa shape index (κ2) is 8.07. The summed E-state index contributed by atoms with van der Waals surface area (Å²) in [6.45, 7) is 9.12. The molecular weight excluding hydrogens is 314 g/mol. The third-order valence-electron chi connectivity index (χ3n) is 6.43. The fourth-order valence-corrected chi connectivity index (χ4v) is 5.59. The molecule has 3 aliphatic rings. The minimum atomic E-state index is 0.140. The summed E-state index contributed by atoms with van der Waals surface area (Å²) in [5.41, 5.74) is 0. The van der Waals surface area contributed by atoms with Crippen molar-refractivity contribution in [2.75, 3.05) is 19.6 Å². The highest BCUT2D eigenvalue weighted by Gasteiger charge is 2.48. The molecule has 0 radical (unpaired) electrons. The van der Waals surface area contributed by atoms with Gasteiger partial charge in [0.2, 0.25) is 11.8 Å². The molecule has 0 aromatic rings. The van der Waals surface area contributed by atoms with E-state index in [2.05, 4.69) is 15.1 Å². The number of nitrogens with zero attached hydrogens (tertiary/aromatic N) is 2. The Hall–Kier alpha value is -1.10. The van der Waals surface area contributed by atoms with Gasteiger partial charge < -0.3 is 10.2 Å². The summed E-state index contributed by atoms with van der Waals surface area (Å²) >= 11 is 0. The number of hydrogen-bond acceptors (Lipinski definition) is 3. The number of carbonyl (C=O) groups is 2. The zero-order chi connectivity index (χ0) is 18.0. The molecule has 0 aromatic carbocycles. The molecular formula is C20H35N3O2. The van der Waals surface area contributed by atoms with Crippen molar-refractivity contribution in [1.82, 2.24) is 15.1 Å². The molecule has 0 saturated carbocycles. The van der Waals surface area contributed by atoms with Gasteiger partial charge in [-0.2, -0.15) is 0 Å². The topological polar surface area (TPSA) is 52.7 Å². The predicted octanol–water partition coefficient (Wildman–Crippen LogP) is 2.40. The van der Waals surface area contributed by atoms with Gasteiger partial charge in [-0.1, -0.05) is 0 Å². The minimum absolute atomic E-state index is 0.140. The molecule has 3 saturated heterocycles. The molecule has 4 atom stereocenters. The van der Waals surface area contributed by atoms with E-state index in [0.717, 1.165) is 19.4 Å². The van der Waals surface area contributed by atoms with E-state index < -0.39 is 0 Å². The maximum atomic E-state index is 12.3. The Kier molecular flexibility index (Phi) is 6.03. The maximum absolute atomic E-state index is 12.3. The lowest BCUT2D eigenvalue weighted by atomic mass is 9.69. The normalized spacial score (nSPS) is 32.4. The quantitative estimate of drug-likeness (QED) is 0.829. The molecule has 3 fully saturated rings. The first kappa shape index (κ1) is 18.7. The van der Waals surface area contributed by atoms with Crippen molar-refractivity contribution in [3.8, 4) is 0 Å². The van der Waals surface area contributed by atoms with Crippen molar-refractivity contribution in [2.24, 2.45) is 11.8 Å². The monoisotopic (exact) mass is 349 g/mol. The largest absolute Gasteiger partial charge is 0.354 e. The standard InChI is InChI=1S/C20H35N3O2/c1-14(2)21-19(25)10-4-9-18-17-8-6-12-22-11-5-7-16(20(17)22)13-23(18)15(3)24/h14,16-18,20H,4-13H2,1-3H3,(H,21,25)/t16-,17+,18+,20-/m0/s1. The lowest BCUT2D eigenvalue weighted by molar-refractivity contribution is -0.144. The number of piperidine rings is 3. The fraction of sp³-hybridized carbons (Fsp3) is 0.900. The first-order valence-electron chi connectivity index (χ1n) is 10.3. The van der Waals surface area contributed by atoms with Crippen LogP contribution in [0, 0.1) is 11.8 Å². The molecule has 3 rings (SSSR count). The van der Waals surface area contributed by atoms with E-state index >= 15 is 0 Å². The highest BCUT2D eigenvalue weighted by atomic mass is 16.2. The van der Waals surface area contributed by atoms with Gasteiger partial charge >= 0.3 is 0 Å². The average Bonchev–Trinajstić information content (AvgIpc) is 2.56. The Balaban J connectivity index is 1.66. The van der Waals surface area contributed by atoms with Gasteiger partial charge in [0.25, 0.3) is 0 Å².